The largest absolute Gasteiger partial charge is 0.331 e. The van der Waals surface area contributed by atoms with Gasteiger partial charge in [0, 0.05) is 25.1 Å². The molecule has 9 nitrogen and oxygen atoms in total. The molecule has 0 unspecified atom stereocenters. The van der Waals surface area contributed by atoms with Gasteiger partial charge >= 0.3 is 0 Å². The number of aromatic nitrogens is 5. The summed E-state index contributed by atoms with van der Waals surface area (Å²) < 4.78 is 1.56. The molecule has 1 aliphatic heterocycles. The van der Waals surface area contributed by atoms with Crippen molar-refractivity contribution in [3.63, 3.8) is 0 Å². The van der Waals surface area contributed by atoms with E-state index in [0.29, 0.717) is 55.5 Å². The van der Waals surface area contributed by atoms with Crippen LogP contribution in [0.15, 0.2) is 11.0 Å². The van der Waals surface area contributed by atoms with Crippen molar-refractivity contribution in [2.24, 2.45) is 11.7 Å². The third kappa shape index (κ3) is 3.32. The fraction of sp³-hybridized carbons (Fsp3) is 0.562. The lowest BCUT2D eigenvalue weighted by Crippen LogP contribution is -2.39. The minimum absolute atomic E-state index is 0.0679. The molecule has 3 N–H and O–H groups in total. The van der Waals surface area contributed by atoms with Gasteiger partial charge < -0.3 is 15.6 Å². The van der Waals surface area contributed by atoms with Gasteiger partial charge in [0.1, 0.15) is 5.82 Å². The second kappa shape index (κ2) is 6.40. The van der Waals surface area contributed by atoms with Crippen molar-refractivity contribution in [3.05, 3.63) is 39.3 Å². The summed E-state index contributed by atoms with van der Waals surface area (Å²) in [5.41, 5.74) is 7.10. The number of fused-ring (bicyclic) bond motifs is 1. The van der Waals surface area contributed by atoms with Gasteiger partial charge in [-0.3, -0.25) is 14.3 Å². The van der Waals surface area contributed by atoms with Gasteiger partial charge in [0.05, 0.1) is 25.0 Å². The van der Waals surface area contributed by atoms with Crippen LogP contribution in [0.2, 0.25) is 0 Å². The molecule has 9 heteroatoms. The minimum Gasteiger partial charge on any atom is -0.331 e. The fourth-order valence-electron chi connectivity index (χ4n) is 3.16. The van der Waals surface area contributed by atoms with Crippen LogP contribution in [-0.2, 0) is 25.9 Å². The average Bonchev–Trinajstić information content (AvgIpc) is 3.29. The van der Waals surface area contributed by atoms with Crippen LogP contribution in [0.25, 0.3) is 0 Å². The highest BCUT2D eigenvalue weighted by Gasteiger charge is 2.28. The Morgan fingerprint density at radius 3 is 3.00 bits per heavy atom. The second-order valence-electron chi connectivity index (χ2n) is 6.72. The van der Waals surface area contributed by atoms with Crippen molar-refractivity contribution in [3.8, 4) is 0 Å². The monoisotopic (exact) mass is 343 g/mol. The van der Waals surface area contributed by atoms with Crippen LogP contribution in [-0.4, -0.2) is 48.9 Å². The Hall–Kier alpha value is -2.55. The van der Waals surface area contributed by atoms with E-state index in [-0.39, 0.29) is 11.5 Å². The number of nitrogens with two attached hydrogens (primary N) is 1. The molecule has 1 amide bonds. The molecule has 0 radical (unpaired) electrons. The molecular formula is C16H21N7O2. The van der Waals surface area contributed by atoms with Gasteiger partial charge in [0.25, 0.3) is 11.5 Å². The predicted molar refractivity (Wildman–Crippen MR) is 88.8 cm³/mol. The number of aromatic amines is 1. The van der Waals surface area contributed by atoms with E-state index in [4.69, 9.17) is 5.73 Å². The summed E-state index contributed by atoms with van der Waals surface area (Å²) >= 11 is 0. The van der Waals surface area contributed by atoms with Crippen LogP contribution in [0.4, 0.5) is 0 Å². The third-order valence-electron chi connectivity index (χ3n) is 4.70. The first-order valence-corrected chi connectivity index (χ1v) is 8.64. The van der Waals surface area contributed by atoms with Crippen molar-refractivity contribution in [2.45, 2.75) is 38.8 Å². The number of rotatable bonds is 5. The Bertz CT molecular complexity index is 852. The topological polar surface area (TPSA) is 123 Å². The van der Waals surface area contributed by atoms with E-state index in [2.05, 4.69) is 20.3 Å². The Balaban J connectivity index is 1.53. The molecule has 2 aliphatic rings. The molecule has 0 atom stereocenters. The van der Waals surface area contributed by atoms with Crippen LogP contribution in [0.1, 0.15) is 40.4 Å². The zero-order valence-electron chi connectivity index (χ0n) is 13.9. The number of nitrogens with one attached hydrogen (secondary N) is 1. The van der Waals surface area contributed by atoms with Crippen molar-refractivity contribution in [1.29, 1.82) is 0 Å². The zero-order chi connectivity index (χ0) is 17.4. The number of nitrogens with zero attached hydrogens (tertiary/aromatic N) is 5. The van der Waals surface area contributed by atoms with Crippen molar-refractivity contribution >= 4 is 5.91 Å². The van der Waals surface area contributed by atoms with Gasteiger partial charge in [0.15, 0.2) is 5.69 Å². The van der Waals surface area contributed by atoms with Gasteiger partial charge in [-0.05, 0) is 25.2 Å². The predicted octanol–water partition coefficient (Wildman–Crippen LogP) is -0.529. The van der Waals surface area contributed by atoms with Crippen molar-refractivity contribution < 1.29 is 4.79 Å². The summed E-state index contributed by atoms with van der Waals surface area (Å²) in [5.74, 6) is 1.18. The summed E-state index contributed by atoms with van der Waals surface area (Å²) in [7, 11) is 0. The van der Waals surface area contributed by atoms with E-state index in [1.54, 1.807) is 15.8 Å². The minimum atomic E-state index is -0.195. The lowest BCUT2D eigenvalue weighted by Gasteiger charge is -2.27. The zero-order valence-corrected chi connectivity index (χ0v) is 13.9. The van der Waals surface area contributed by atoms with Crippen molar-refractivity contribution in [2.75, 3.05) is 13.1 Å². The molecule has 0 saturated heterocycles. The van der Waals surface area contributed by atoms with Gasteiger partial charge in [-0.2, -0.15) is 0 Å². The Labute approximate surface area is 144 Å². The summed E-state index contributed by atoms with van der Waals surface area (Å²) in [6.07, 6.45) is 5.32. The molecular weight excluding hydrogens is 322 g/mol. The average molecular weight is 343 g/mol. The number of carbonyl (C=O) groups excluding carboxylic acids is 1. The van der Waals surface area contributed by atoms with Crippen molar-refractivity contribution in [1.82, 2.24) is 29.9 Å². The van der Waals surface area contributed by atoms with Crippen LogP contribution >= 0.6 is 0 Å². The first kappa shape index (κ1) is 15.9. The summed E-state index contributed by atoms with van der Waals surface area (Å²) in [6.45, 7) is 1.76. The molecule has 0 bridgehead atoms. The molecule has 132 valence electrons. The fourth-order valence-corrected chi connectivity index (χ4v) is 3.16. The normalized spacial score (nSPS) is 16.8. The maximum Gasteiger partial charge on any atom is 0.276 e. The lowest BCUT2D eigenvalue weighted by atomic mass is 10.1. The molecule has 3 heterocycles. The SMILES string of the molecule is NCCn1cc(C(=O)N2CCc3c(nc(CC4CC4)[nH]c3=O)C2)nn1. The number of hydrogen-bond acceptors (Lipinski definition) is 6. The summed E-state index contributed by atoms with van der Waals surface area (Å²) in [5, 5.41) is 7.83. The molecule has 0 aromatic carbocycles. The van der Waals surface area contributed by atoms with E-state index in [1.165, 1.54) is 12.8 Å². The van der Waals surface area contributed by atoms with Gasteiger partial charge in [-0.25, -0.2) is 4.98 Å². The summed E-state index contributed by atoms with van der Waals surface area (Å²) in [6, 6.07) is 0. The standard InChI is InChI=1S/C16H21N7O2/c17-4-6-23-9-13(20-21-23)16(25)22-5-3-11-12(8-22)18-14(19-15(11)24)7-10-1-2-10/h9-10H,1-8,17H2,(H,18,19,24). The van der Waals surface area contributed by atoms with Gasteiger partial charge in [0.2, 0.25) is 0 Å². The quantitative estimate of drug-likeness (QED) is 0.752. The molecule has 2 aromatic rings. The van der Waals surface area contributed by atoms with E-state index >= 15 is 0 Å². The molecule has 25 heavy (non-hydrogen) atoms. The molecule has 0 spiro atoms. The van der Waals surface area contributed by atoms with Gasteiger partial charge in [-0.15, -0.1) is 5.10 Å². The molecule has 4 rings (SSSR count). The highest BCUT2D eigenvalue weighted by atomic mass is 16.2. The van der Waals surface area contributed by atoms with Crippen LogP contribution in [0.5, 0.6) is 0 Å². The highest BCUT2D eigenvalue weighted by Crippen LogP contribution is 2.31. The molecule has 1 aliphatic carbocycles. The maximum atomic E-state index is 12.6. The number of H-pyrrole nitrogens is 1. The highest BCUT2D eigenvalue weighted by molar-refractivity contribution is 5.92. The Morgan fingerprint density at radius 2 is 2.24 bits per heavy atom. The summed E-state index contributed by atoms with van der Waals surface area (Å²) in [4.78, 5) is 34.1. The number of carbonyl (C=O) groups is 1. The molecule has 1 saturated carbocycles. The number of hydrogen-bond donors (Lipinski definition) is 2. The van der Waals surface area contributed by atoms with E-state index in [0.717, 1.165) is 12.2 Å². The first-order chi connectivity index (χ1) is 12.1. The first-order valence-electron chi connectivity index (χ1n) is 8.64. The lowest BCUT2D eigenvalue weighted by molar-refractivity contribution is 0.0725. The van der Waals surface area contributed by atoms with Crippen LogP contribution < -0.4 is 11.3 Å². The molecule has 2 aromatic heterocycles. The van der Waals surface area contributed by atoms with E-state index < -0.39 is 0 Å². The van der Waals surface area contributed by atoms with E-state index in [1.807, 2.05) is 0 Å². The van der Waals surface area contributed by atoms with Gasteiger partial charge in [-0.1, -0.05) is 5.21 Å². The Kier molecular flexibility index (Phi) is 4.08. The van der Waals surface area contributed by atoms with Crippen LogP contribution in [0, 0.1) is 5.92 Å². The van der Waals surface area contributed by atoms with E-state index in [9.17, 15) is 9.59 Å². The smallest absolute Gasteiger partial charge is 0.276 e. The van der Waals surface area contributed by atoms with Crippen LogP contribution in [0.3, 0.4) is 0 Å². The maximum absolute atomic E-state index is 12.6. The number of amides is 1. The Morgan fingerprint density at radius 1 is 1.40 bits per heavy atom. The second-order valence-corrected chi connectivity index (χ2v) is 6.72. The third-order valence-corrected chi connectivity index (χ3v) is 4.70. The molecule has 1 fully saturated rings.